The zero-order chi connectivity index (χ0) is 15.0. The highest BCUT2D eigenvalue weighted by molar-refractivity contribution is 9.10. The molecule has 0 bridgehead atoms. The molecule has 1 saturated carbocycles. The van der Waals surface area contributed by atoms with Crippen LogP contribution in [0.4, 0.5) is 4.39 Å². The molecule has 1 aliphatic carbocycles. The van der Waals surface area contributed by atoms with Gasteiger partial charge in [-0.15, -0.1) is 0 Å². The van der Waals surface area contributed by atoms with Gasteiger partial charge in [-0.05, 0) is 34.7 Å². The minimum Gasteiger partial charge on any atom is -0.490 e. The number of hydrogen-bond donors (Lipinski definition) is 1. The SMILES string of the molecule is O=C(O)CC(c1c(F)c(Br)cc2c1OCCCO2)C1CC1. The van der Waals surface area contributed by atoms with Crippen molar-refractivity contribution in [3.8, 4) is 11.5 Å². The van der Waals surface area contributed by atoms with Crippen LogP contribution in [0.15, 0.2) is 10.5 Å². The third kappa shape index (κ3) is 3.00. The van der Waals surface area contributed by atoms with Crippen LogP contribution in [0.1, 0.15) is 37.2 Å². The molecule has 1 fully saturated rings. The lowest BCUT2D eigenvalue weighted by Gasteiger charge is -2.21. The number of carboxylic acids is 1. The van der Waals surface area contributed by atoms with Crippen molar-refractivity contribution in [1.82, 2.24) is 0 Å². The Morgan fingerprint density at radius 2 is 2.14 bits per heavy atom. The summed E-state index contributed by atoms with van der Waals surface area (Å²) in [7, 11) is 0. The van der Waals surface area contributed by atoms with Crippen LogP contribution in [-0.4, -0.2) is 24.3 Å². The molecule has 1 N–H and O–H groups in total. The summed E-state index contributed by atoms with van der Waals surface area (Å²) in [5, 5.41) is 9.14. The van der Waals surface area contributed by atoms with Crippen molar-refractivity contribution in [1.29, 1.82) is 0 Å². The molecule has 1 aliphatic heterocycles. The maximum absolute atomic E-state index is 14.6. The zero-order valence-corrected chi connectivity index (χ0v) is 13.0. The van der Waals surface area contributed by atoms with Crippen LogP contribution >= 0.6 is 15.9 Å². The molecule has 3 rings (SSSR count). The third-order valence-corrected chi connectivity index (χ3v) is 4.50. The average Bonchev–Trinajstić information content (AvgIpc) is 3.24. The Labute approximate surface area is 130 Å². The summed E-state index contributed by atoms with van der Waals surface area (Å²) in [4.78, 5) is 11.1. The maximum Gasteiger partial charge on any atom is 0.303 e. The quantitative estimate of drug-likeness (QED) is 0.890. The molecule has 0 saturated heterocycles. The Kier molecular flexibility index (Phi) is 4.06. The molecule has 1 heterocycles. The van der Waals surface area contributed by atoms with Gasteiger partial charge in [0, 0.05) is 24.0 Å². The van der Waals surface area contributed by atoms with Gasteiger partial charge in [-0.25, -0.2) is 4.39 Å². The molecular weight excluding hydrogens is 343 g/mol. The fourth-order valence-electron chi connectivity index (χ4n) is 2.80. The molecule has 1 aromatic rings. The lowest BCUT2D eigenvalue weighted by Crippen LogP contribution is -2.13. The van der Waals surface area contributed by atoms with E-state index < -0.39 is 11.8 Å². The molecule has 0 aromatic heterocycles. The number of rotatable bonds is 4. The van der Waals surface area contributed by atoms with E-state index in [-0.39, 0.29) is 22.7 Å². The van der Waals surface area contributed by atoms with Crippen molar-refractivity contribution < 1.29 is 23.8 Å². The van der Waals surface area contributed by atoms with E-state index in [0.29, 0.717) is 30.3 Å². The van der Waals surface area contributed by atoms with E-state index >= 15 is 0 Å². The van der Waals surface area contributed by atoms with E-state index in [2.05, 4.69) is 15.9 Å². The highest BCUT2D eigenvalue weighted by Crippen LogP contribution is 2.51. The fourth-order valence-corrected chi connectivity index (χ4v) is 3.22. The maximum atomic E-state index is 14.6. The molecule has 1 atom stereocenters. The number of halogens is 2. The van der Waals surface area contributed by atoms with E-state index in [1.807, 2.05) is 0 Å². The molecule has 4 nitrogen and oxygen atoms in total. The Morgan fingerprint density at radius 1 is 1.43 bits per heavy atom. The van der Waals surface area contributed by atoms with Crippen molar-refractivity contribution in [2.24, 2.45) is 5.92 Å². The number of benzene rings is 1. The number of aliphatic carboxylic acids is 1. The second-order valence-electron chi connectivity index (χ2n) is 5.51. The van der Waals surface area contributed by atoms with Crippen LogP contribution < -0.4 is 9.47 Å². The number of carboxylic acid groups (broad SMARTS) is 1. The highest BCUT2D eigenvalue weighted by atomic mass is 79.9. The molecule has 21 heavy (non-hydrogen) atoms. The van der Waals surface area contributed by atoms with Gasteiger partial charge in [-0.2, -0.15) is 0 Å². The van der Waals surface area contributed by atoms with Crippen molar-refractivity contribution in [2.75, 3.05) is 13.2 Å². The molecule has 114 valence electrons. The molecule has 0 radical (unpaired) electrons. The van der Waals surface area contributed by atoms with Crippen molar-refractivity contribution in [3.63, 3.8) is 0 Å². The van der Waals surface area contributed by atoms with E-state index in [1.54, 1.807) is 6.07 Å². The fraction of sp³-hybridized carbons (Fsp3) is 0.533. The van der Waals surface area contributed by atoms with Crippen LogP contribution in [0.3, 0.4) is 0 Å². The second-order valence-corrected chi connectivity index (χ2v) is 6.36. The summed E-state index contributed by atoms with van der Waals surface area (Å²) in [6.07, 6.45) is 2.49. The molecule has 1 aromatic carbocycles. The van der Waals surface area contributed by atoms with Crippen LogP contribution in [-0.2, 0) is 4.79 Å². The van der Waals surface area contributed by atoms with Crippen molar-refractivity contribution in [2.45, 2.75) is 31.6 Å². The van der Waals surface area contributed by atoms with Gasteiger partial charge < -0.3 is 14.6 Å². The zero-order valence-electron chi connectivity index (χ0n) is 11.4. The topological polar surface area (TPSA) is 55.8 Å². The molecular formula is C15H16BrFO4. The molecule has 6 heteroatoms. The Morgan fingerprint density at radius 3 is 2.81 bits per heavy atom. The third-order valence-electron chi connectivity index (χ3n) is 3.92. The first-order chi connectivity index (χ1) is 10.1. The first-order valence-electron chi connectivity index (χ1n) is 7.07. The van der Waals surface area contributed by atoms with Gasteiger partial charge in [0.25, 0.3) is 0 Å². The van der Waals surface area contributed by atoms with E-state index in [4.69, 9.17) is 14.6 Å². The first kappa shape index (κ1) is 14.6. The van der Waals surface area contributed by atoms with E-state index in [9.17, 15) is 9.18 Å². The molecule has 2 aliphatic rings. The number of carbonyl (C=O) groups is 1. The van der Waals surface area contributed by atoms with Crippen LogP contribution in [0.5, 0.6) is 11.5 Å². The van der Waals surface area contributed by atoms with Gasteiger partial charge in [0.05, 0.1) is 24.1 Å². The Balaban J connectivity index is 2.10. The van der Waals surface area contributed by atoms with Gasteiger partial charge in [-0.3, -0.25) is 4.79 Å². The van der Waals surface area contributed by atoms with Gasteiger partial charge in [0.1, 0.15) is 5.82 Å². The first-order valence-corrected chi connectivity index (χ1v) is 7.86. The van der Waals surface area contributed by atoms with E-state index in [0.717, 1.165) is 19.3 Å². The molecule has 0 spiro atoms. The average molecular weight is 359 g/mol. The predicted molar refractivity (Wildman–Crippen MR) is 77.4 cm³/mol. The van der Waals surface area contributed by atoms with Gasteiger partial charge >= 0.3 is 5.97 Å². The van der Waals surface area contributed by atoms with Crippen LogP contribution in [0, 0.1) is 11.7 Å². The van der Waals surface area contributed by atoms with E-state index in [1.165, 1.54) is 0 Å². The van der Waals surface area contributed by atoms with Crippen molar-refractivity contribution in [3.05, 3.63) is 21.9 Å². The van der Waals surface area contributed by atoms with Gasteiger partial charge in [0.15, 0.2) is 11.5 Å². The van der Waals surface area contributed by atoms with Gasteiger partial charge in [0.2, 0.25) is 0 Å². The summed E-state index contributed by atoms with van der Waals surface area (Å²) in [6, 6.07) is 1.56. The van der Waals surface area contributed by atoms with Crippen LogP contribution in [0.2, 0.25) is 0 Å². The number of hydrogen-bond acceptors (Lipinski definition) is 3. The summed E-state index contributed by atoms with van der Waals surface area (Å²) >= 11 is 3.20. The normalized spacial score (nSPS) is 19.0. The van der Waals surface area contributed by atoms with Gasteiger partial charge in [-0.1, -0.05) is 0 Å². The smallest absolute Gasteiger partial charge is 0.303 e. The summed E-state index contributed by atoms with van der Waals surface area (Å²) in [5.74, 6) is -0.638. The summed E-state index contributed by atoms with van der Waals surface area (Å²) in [6.45, 7) is 0.961. The molecule has 0 amide bonds. The Hall–Kier alpha value is -1.30. The Bertz CT molecular complexity index is 571. The minimum atomic E-state index is -0.922. The summed E-state index contributed by atoms with van der Waals surface area (Å²) < 4.78 is 26.2. The lowest BCUT2D eigenvalue weighted by molar-refractivity contribution is -0.137. The standard InChI is InChI=1S/C15H16BrFO4/c16-10-7-11-15(21-5-1-4-20-11)13(14(10)17)9(6-12(18)19)8-2-3-8/h7-9H,1-6H2,(H,18,19). The van der Waals surface area contributed by atoms with Crippen LogP contribution in [0.25, 0.3) is 0 Å². The number of fused-ring (bicyclic) bond motifs is 1. The second kappa shape index (κ2) is 5.83. The highest BCUT2D eigenvalue weighted by Gasteiger charge is 2.39. The molecule has 1 unspecified atom stereocenters. The monoisotopic (exact) mass is 358 g/mol. The summed E-state index contributed by atoms with van der Waals surface area (Å²) in [5.41, 5.74) is 0.353. The number of ether oxygens (including phenoxy) is 2. The predicted octanol–water partition coefficient (Wildman–Crippen LogP) is 3.72. The van der Waals surface area contributed by atoms with Crippen molar-refractivity contribution >= 4 is 21.9 Å². The lowest BCUT2D eigenvalue weighted by atomic mass is 9.89. The minimum absolute atomic E-state index is 0.0894. The largest absolute Gasteiger partial charge is 0.490 e.